The number of hydrogen-bond acceptors (Lipinski definition) is 0. The zero-order valence-electron chi connectivity index (χ0n) is 6.50. The molecule has 1 atom stereocenters. The van der Waals surface area contributed by atoms with Crippen LogP contribution in [-0.4, -0.2) is 6.17 Å². The maximum absolute atomic E-state index is 13.3. The van der Waals surface area contributed by atoms with Gasteiger partial charge in [-0.05, 0) is 48.3 Å². The standard InChI is InChI=1S/C10H11F/c1-2(11)10-7-4-3-5(7)9(10)6(3)8(4)10/h2-9H,1H3. The summed E-state index contributed by atoms with van der Waals surface area (Å²) >= 11 is 0. The maximum atomic E-state index is 13.3. The Morgan fingerprint density at radius 3 is 1.73 bits per heavy atom. The first-order valence-electron chi connectivity index (χ1n) is 4.95. The van der Waals surface area contributed by atoms with Gasteiger partial charge in [0.2, 0.25) is 0 Å². The normalized spacial score (nSPS) is 91.6. The Labute approximate surface area is 65.2 Å². The van der Waals surface area contributed by atoms with Crippen LogP contribution in [0.25, 0.3) is 0 Å². The third-order valence-corrected chi connectivity index (χ3v) is 6.24. The van der Waals surface area contributed by atoms with Crippen molar-refractivity contribution >= 4 is 0 Å². The highest BCUT2D eigenvalue weighted by molar-refractivity contribution is 5.50. The molecule has 0 N–H and O–H groups in total. The van der Waals surface area contributed by atoms with Crippen LogP contribution < -0.4 is 0 Å². The van der Waals surface area contributed by atoms with Crippen LogP contribution in [0.3, 0.4) is 0 Å². The molecule has 0 saturated heterocycles. The highest BCUT2D eigenvalue weighted by Crippen LogP contribution is 3.06. The lowest BCUT2D eigenvalue weighted by Crippen LogP contribution is -3.06. The van der Waals surface area contributed by atoms with Crippen molar-refractivity contribution in [3.05, 3.63) is 0 Å². The molecule has 0 nitrogen and oxygen atoms in total. The predicted octanol–water partition coefficient (Wildman–Crippen LogP) is 1.71. The van der Waals surface area contributed by atoms with Crippen LogP contribution in [0.5, 0.6) is 0 Å². The molecular weight excluding hydrogens is 139 g/mol. The molecule has 6 saturated carbocycles. The smallest absolute Gasteiger partial charge is 0.104 e. The molecule has 1 heteroatoms. The molecule has 6 aliphatic rings. The van der Waals surface area contributed by atoms with Gasteiger partial charge >= 0.3 is 0 Å². The molecule has 0 aliphatic heterocycles. The van der Waals surface area contributed by atoms with Crippen LogP contribution in [0, 0.1) is 46.8 Å². The van der Waals surface area contributed by atoms with Crippen LogP contribution in [0.4, 0.5) is 4.39 Å². The second-order valence-electron chi connectivity index (χ2n) is 5.50. The average molecular weight is 150 g/mol. The highest BCUT2D eigenvalue weighted by Gasteiger charge is 3.05. The third-order valence-electron chi connectivity index (χ3n) is 6.24. The van der Waals surface area contributed by atoms with Gasteiger partial charge < -0.3 is 0 Å². The molecule has 6 aliphatic carbocycles. The van der Waals surface area contributed by atoms with E-state index in [2.05, 4.69) is 0 Å². The minimum Gasteiger partial charge on any atom is -0.247 e. The van der Waals surface area contributed by atoms with Crippen LogP contribution in [-0.2, 0) is 0 Å². The van der Waals surface area contributed by atoms with Gasteiger partial charge in [0.15, 0.2) is 0 Å². The fraction of sp³-hybridized carbons (Fsp3) is 1.00. The molecule has 58 valence electrons. The van der Waals surface area contributed by atoms with Gasteiger partial charge in [0.25, 0.3) is 0 Å². The van der Waals surface area contributed by atoms with E-state index in [0.717, 1.165) is 41.4 Å². The van der Waals surface area contributed by atoms with E-state index in [-0.39, 0.29) is 0 Å². The molecule has 11 heavy (non-hydrogen) atoms. The minimum absolute atomic E-state index is 0.300. The van der Waals surface area contributed by atoms with Gasteiger partial charge in [-0.2, -0.15) is 0 Å². The van der Waals surface area contributed by atoms with Gasteiger partial charge in [-0.3, -0.25) is 0 Å². The summed E-state index contributed by atoms with van der Waals surface area (Å²) in [5.41, 5.74) is 0.300. The van der Waals surface area contributed by atoms with Crippen molar-refractivity contribution in [3.63, 3.8) is 0 Å². The van der Waals surface area contributed by atoms with Crippen LogP contribution >= 0.6 is 0 Å². The topological polar surface area (TPSA) is 0 Å². The van der Waals surface area contributed by atoms with E-state index in [1.807, 2.05) is 0 Å². The molecule has 0 heterocycles. The van der Waals surface area contributed by atoms with E-state index in [1.54, 1.807) is 6.92 Å². The lowest BCUT2D eigenvalue weighted by molar-refractivity contribution is -0.623. The number of hydrogen-bond donors (Lipinski definition) is 0. The molecule has 0 aromatic heterocycles. The molecule has 6 rings (SSSR count). The Hall–Kier alpha value is -0.0700. The fourth-order valence-electron chi connectivity index (χ4n) is 6.32. The summed E-state index contributed by atoms with van der Waals surface area (Å²) in [5, 5.41) is 0. The number of alkyl halides is 1. The summed E-state index contributed by atoms with van der Waals surface area (Å²) in [4.78, 5) is 0. The van der Waals surface area contributed by atoms with Crippen molar-refractivity contribution in [1.82, 2.24) is 0 Å². The van der Waals surface area contributed by atoms with Gasteiger partial charge in [-0.1, -0.05) is 0 Å². The van der Waals surface area contributed by atoms with Crippen molar-refractivity contribution in [1.29, 1.82) is 0 Å². The largest absolute Gasteiger partial charge is 0.247 e. The Morgan fingerprint density at radius 1 is 1.00 bits per heavy atom. The van der Waals surface area contributed by atoms with E-state index >= 15 is 0 Å². The van der Waals surface area contributed by atoms with E-state index in [0.29, 0.717) is 5.41 Å². The van der Waals surface area contributed by atoms with Crippen LogP contribution in [0.15, 0.2) is 0 Å². The average Bonchev–Trinajstić information content (AvgIpc) is 2.05. The van der Waals surface area contributed by atoms with Gasteiger partial charge in [-0.15, -0.1) is 0 Å². The minimum atomic E-state index is -0.479. The molecule has 0 spiro atoms. The van der Waals surface area contributed by atoms with Crippen molar-refractivity contribution in [2.45, 2.75) is 13.1 Å². The Kier molecular flexibility index (Phi) is 0.389. The molecule has 0 aromatic carbocycles. The fourth-order valence-corrected chi connectivity index (χ4v) is 6.32. The maximum Gasteiger partial charge on any atom is 0.104 e. The number of rotatable bonds is 1. The molecule has 0 radical (unpaired) electrons. The van der Waals surface area contributed by atoms with Crippen molar-refractivity contribution in [3.8, 4) is 0 Å². The second kappa shape index (κ2) is 0.884. The summed E-state index contributed by atoms with van der Waals surface area (Å²) < 4.78 is 13.3. The van der Waals surface area contributed by atoms with Gasteiger partial charge in [-0.25, -0.2) is 4.39 Å². The van der Waals surface area contributed by atoms with E-state index in [9.17, 15) is 4.39 Å². The summed E-state index contributed by atoms with van der Waals surface area (Å²) in [6.45, 7) is 1.81. The molecule has 1 unspecified atom stereocenters. The summed E-state index contributed by atoms with van der Waals surface area (Å²) in [7, 11) is 0. The van der Waals surface area contributed by atoms with E-state index in [4.69, 9.17) is 0 Å². The zero-order chi connectivity index (χ0) is 7.12. The second-order valence-corrected chi connectivity index (χ2v) is 5.50. The first kappa shape index (κ1) is 4.84. The number of halogens is 1. The Balaban J connectivity index is 1.73. The Morgan fingerprint density at radius 2 is 1.45 bits per heavy atom. The summed E-state index contributed by atoms with van der Waals surface area (Å²) in [5.74, 6) is 6.97. The quantitative estimate of drug-likeness (QED) is 0.534. The summed E-state index contributed by atoms with van der Waals surface area (Å²) in [6.07, 6.45) is -0.479. The van der Waals surface area contributed by atoms with Crippen molar-refractivity contribution in [2.24, 2.45) is 46.8 Å². The molecule has 6 fully saturated rings. The van der Waals surface area contributed by atoms with E-state index < -0.39 is 6.17 Å². The summed E-state index contributed by atoms with van der Waals surface area (Å²) in [6, 6.07) is 0. The SMILES string of the molecule is CC(F)C12C3C4C5C3C1C5C42. The molecule has 0 bridgehead atoms. The third kappa shape index (κ3) is 0.174. The van der Waals surface area contributed by atoms with E-state index in [1.165, 1.54) is 0 Å². The predicted molar refractivity (Wildman–Crippen MR) is 37.4 cm³/mol. The molecule has 0 aromatic rings. The lowest BCUT2D eigenvalue weighted by atomic mass is 8.96. The van der Waals surface area contributed by atoms with Gasteiger partial charge in [0.05, 0.1) is 0 Å². The van der Waals surface area contributed by atoms with Crippen molar-refractivity contribution < 1.29 is 4.39 Å². The van der Waals surface area contributed by atoms with Crippen LogP contribution in [0.2, 0.25) is 0 Å². The lowest BCUT2D eigenvalue weighted by Gasteiger charge is -3.08. The highest BCUT2D eigenvalue weighted by atomic mass is 19.1. The molecular formula is C10H11F. The van der Waals surface area contributed by atoms with Crippen LogP contribution in [0.1, 0.15) is 6.92 Å². The monoisotopic (exact) mass is 150 g/mol. The first-order chi connectivity index (χ1) is 5.31. The molecule has 0 amide bonds. The van der Waals surface area contributed by atoms with Crippen molar-refractivity contribution in [2.75, 3.05) is 0 Å². The van der Waals surface area contributed by atoms with Gasteiger partial charge in [0, 0.05) is 5.41 Å². The van der Waals surface area contributed by atoms with Gasteiger partial charge in [0.1, 0.15) is 6.17 Å². The first-order valence-corrected chi connectivity index (χ1v) is 4.95. The zero-order valence-corrected chi connectivity index (χ0v) is 6.50. The Bertz CT molecular complexity index is 242.